The molecule has 11 nitrogen and oxygen atoms in total. The molecule has 1 saturated heterocycles. The second-order valence-corrected chi connectivity index (χ2v) is 9.62. The largest absolute Gasteiger partial charge is 0.495 e. The van der Waals surface area contributed by atoms with Gasteiger partial charge in [-0.1, -0.05) is 24.3 Å². The number of ether oxygens (including phenoxy) is 3. The number of amides is 4. The van der Waals surface area contributed by atoms with E-state index in [1.165, 1.54) is 32.4 Å². The van der Waals surface area contributed by atoms with Crippen LogP contribution >= 0.6 is 22.6 Å². The summed E-state index contributed by atoms with van der Waals surface area (Å²) in [6, 6.07) is 15.8. The third-order valence-corrected chi connectivity index (χ3v) is 6.57. The number of carbonyl (C=O) groups is 4. The summed E-state index contributed by atoms with van der Waals surface area (Å²) in [7, 11) is 2.93. The fraction of sp³-hybridized carbons (Fsp3) is 0.143. The molecule has 0 aliphatic carbocycles. The van der Waals surface area contributed by atoms with E-state index in [0.29, 0.717) is 37.6 Å². The SMILES string of the molecule is COc1ccccc1NC(=O)CN1C(=O)N/C(=C/c2cc(I)c(OCc3cccc(C(=O)O)c3)c(OC)c2)C1=O. The number of carboxylic acids is 1. The average Bonchev–Trinajstić information content (AvgIpc) is 3.19. The van der Waals surface area contributed by atoms with Gasteiger partial charge in [0.05, 0.1) is 29.0 Å². The van der Waals surface area contributed by atoms with Crippen molar-refractivity contribution >= 4 is 58.2 Å². The molecule has 12 heteroatoms. The zero-order valence-electron chi connectivity index (χ0n) is 21.4. The van der Waals surface area contributed by atoms with Gasteiger partial charge in [-0.25, -0.2) is 14.5 Å². The third kappa shape index (κ3) is 6.51. The number of imide groups is 1. The molecule has 1 aliphatic rings. The molecule has 4 rings (SSSR count). The molecule has 206 valence electrons. The number of anilines is 1. The molecule has 40 heavy (non-hydrogen) atoms. The maximum Gasteiger partial charge on any atom is 0.335 e. The van der Waals surface area contributed by atoms with Gasteiger partial charge in [-0.15, -0.1) is 0 Å². The predicted octanol–water partition coefficient (Wildman–Crippen LogP) is 4.12. The molecule has 4 amide bonds. The summed E-state index contributed by atoms with van der Waals surface area (Å²) in [5, 5.41) is 14.3. The Labute approximate surface area is 242 Å². The van der Waals surface area contributed by atoms with Gasteiger partial charge in [-0.2, -0.15) is 0 Å². The minimum Gasteiger partial charge on any atom is -0.495 e. The molecule has 1 aliphatic heterocycles. The van der Waals surface area contributed by atoms with E-state index in [4.69, 9.17) is 14.2 Å². The van der Waals surface area contributed by atoms with Crippen LogP contribution in [0.3, 0.4) is 0 Å². The highest BCUT2D eigenvalue weighted by Crippen LogP contribution is 2.35. The number of halogens is 1. The summed E-state index contributed by atoms with van der Waals surface area (Å²) in [5.41, 5.74) is 1.77. The van der Waals surface area contributed by atoms with Crippen molar-refractivity contribution in [3.8, 4) is 17.2 Å². The molecular weight excluding hydrogens is 633 g/mol. The van der Waals surface area contributed by atoms with Crippen LogP contribution in [0.4, 0.5) is 10.5 Å². The Morgan fingerprint density at radius 1 is 1.02 bits per heavy atom. The molecule has 0 saturated carbocycles. The van der Waals surface area contributed by atoms with Crippen molar-refractivity contribution < 1.29 is 38.5 Å². The molecule has 0 aromatic heterocycles. The highest BCUT2D eigenvalue weighted by atomic mass is 127. The number of methoxy groups -OCH3 is 2. The Morgan fingerprint density at radius 3 is 2.50 bits per heavy atom. The Balaban J connectivity index is 1.47. The summed E-state index contributed by atoms with van der Waals surface area (Å²) < 4.78 is 17.3. The molecule has 0 atom stereocenters. The second-order valence-electron chi connectivity index (χ2n) is 8.46. The molecule has 1 heterocycles. The first-order valence-corrected chi connectivity index (χ1v) is 12.9. The van der Waals surface area contributed by atoms with E-state index < -0.39 is 30.4 Å². The number of urea groups is 1. The number of carboxylic acid groups (broad SMARTS) is 1. The first kappa shape index (κ1) is 28.4. The van der Waals surface area contributed by atoms with Crippen molar-refractivity contribution in [1.29, 1.82) is 0 Å². The number of aromatic carboxylic acids is 1. The Hall–Kier alpha value is -4.59. The first-order valence-electron chi connectivity index (χ1n) is 11.8. The number of benzene rings is 3. The van der Waals surface area contributed by atoms with E-state index in [2.05, 4.69) is 33.2 Å². The van der Waals surface area contributed by atoms with Gasteiger partial charge >= 0.3 is 12.0 Å². The van der Waals surface area contributed by atoms with Gasteiger partial charge in [0.15, 0.2) is 11.5 Å². The van der Waals surface area contributed by atoms with Gasteiger partial charge in [-0.3, -0.25) is 9.59 Å². The Morgan fingerprint density at radius 2 is 1.77 bits per heavy atom. The van der Waals surface area contributed by atoms with Gasteiger partial charge in [0.25, 0.3) is 5.91 Å². The first-order chi connectivity index (χ1) is 19.2. The summed E-state index contributed by atoms with van der Waals surface area (Å²) in [6.07, 6.45) is 1.48. The molecule has 3 aromatic rings. The topological polar surface area (TPSA) is 144 Å². The highest BCUT2D eigenvalue weighted by molar-refractivity contribution is 14.1. The summed E-state index contributed by atoms with van der Waals surface area (Å²) in [4.78, 5) is 50.0. The zero-order chi connectivity index (χ0) is 28.8. The molecule has 0 bridgehead atoms. The molecule has 3 N–H and O–H groups in total. The van der Waals surface area contributed by atoms with Gasteiger partial charge in [0, 0.05) is 0 Å². The number of carbonyl (C=O) groups excluding carboxylic acids is 3. The van der Waals surface area contributed by atoms with Gasteiger partial charge in [0.1, 0.15) is 24.6 Å². The summed E-state index contributed by atoms with van der Waals surface area (Å²) >= 11 is 2.05. The fourth-order valence-electron chi connectivity index (χ4n) is 3.88. The van der Waals surface area contributed by atoms with Gasteiger partial charge in [-0.05, 0) is 76.2 Å². The predicted molar refractivity (Wildman–Crippen MR) is 153 cm³/mol. The molecule has 0 spiro atoms. The lowest BCUT2D eigenvalue weighted by Crippen LogP contribution is -2.38. The van der Waals surface area contributed by atoms with E-state index in [1.54, 1.807) is 48.5 Å². The number of nitrogens with one attached hydrogen (secondary N) is 2. The maximum absolute atomic E-state index is 12.9. The molecule has 3 aromatic carbocycles. The Kier molecular flexibility index (Phi) is 8.89. The molecule has 0 unspecified atom stereocenters. The van der Waals surface area contributed by atoms with E-state index in [9.17, 15) is 24.3 Å². The van der Waals surface area contributed by atoms with Crippen LogP contribution in [0.2, 0.25) is 0 Å². The van der Waals surface area contributed by atoms with Crippen LogP contribution in [0.1, 0.15) is 21.5 Å². The zero-order valence-corrected chi connectivity index (χ0v) is 23.6. The van der Waals surface area contributed by atoms with Crippen LogP contribution < -0.4 is 24.8 Å². The lowest BCUT2D eigenvalue weighted by molar-refractivity contribution is -0.127. The van der Waals surface area contributed by atoms with Crippen LogP contribution in [-0.2, 0) is 16.2 Å². The quantitative estimate of drug-likeness (QED) is 0.168. The highest BCUT2D eigenvalue weighted by Gasteiger charge is 2.35. The summed E-state index contributed by atoms with van der Waals surface area (Å²) in [6.45, 7) is -0.384. The Bertz CT molecular complexity index is 1520. The van der Waals surface area contributed by atoms with Crippen LogP contribution in [0, 0.1) is 3.57 Å². The molecular formula is C28H24IN3O8. The number of nitrogens with zero attached hydrogens (tertiary/aromatic N) is 1. The van der Waals surface area contributed by atoms with Crippen molar-refractivity contribution in [2.24, 2.45) is 0 Å². The van der Waals surface area contributed by atoms with Crippen molar-refractivity contribution in [3.63, 3.8) is 0 Å². The number of para-hydroxylation sites is 2. The third-order valence-electron chi connectivity index (χ3n) is 5.76. The van der Waals surface area contributed by atoms with Crippen molar-refractivity contribution in [3.05, 3.63) is 86.6 Å². The van der Waals surface area contributed by atoms with Crippen molar-refractivity contribution in [1.82, 2.24) is 10.2 Å². The van der Waals surface area contributed by atoms with E-state index in [-0.39, 0.29) is 17.9 Å². The fourth-order valence-corrected chi connectivity index (χ4v) is 4.66. The van der Waals surface area contributed by atoms with Crippen LogP contribution in [0.15, 0.2) is 66.4 Å². The van der Waals surface area contributed by atoms with E-state index in [1.807, 2.05) is 0 Å². The smallest absolute Gasteiger partial charge is 0.335 e. The molecule has 1 fully saturated rings. The second kappa shape index (κ2) is 12.5. The van der Waals surface area contributed by atoms with E-state index in [0.717, 1.165) is 4.90 Å². The summed E-state index contributed by atoms with van der Waals surface area (Å²) in [5.74, 6) is -1.01. The number of hydrogen-bond donors (Lipinski definition) is 3. The minimum atomic E-state index is -1.03. The van der Waals surface area contributed by atoms with Crippen molar-refractivity contribution in [2.45, 2.75) is 6.61 Å². The van der Waals surface area contributed by atoms with Crippen LogP contribution in [-0.4, -0.2) is 54.6 Å². The maximum atomic E-state index is 12.9. The lowest BCUT2D eigenvalue weighted by atomic mass is 10.1. The van der Waals surface area contributed by atoms with Gasteiger partial charge < -0.3 is 30.0 Å². The van der Waals surface area contributed by atoms with Crippen molar-refractivity contribution in [2.75, 3.05) is 26.1 Å². The van der Waals surface area contributed by atoms with E-state index >= 15 is 0 Å². The number of hydrogen-bond acceptors (Lipinski definition) is 7. The standard InChI is InChI=1S/C28H24IN3O8/c1-38-22-9-4-3-8-20(22)30-24(33)14-32-26(34)21(31-28(32)37)12-17-11-19(29)25(23(13-17)39-2)40-15-16-6-5-7-18(10-16)27(35)36/h3-13H,14-15H2,1-2H3,(H,30,33)(H,31,37)(H,35,36)/b21-12+. The normalized spacial score (nSPS) is 13.7. The number of rotatable bonds is 10. The monoisotopic (exact) mass is 657 g/mol. The molecule has 0 radical (unpaired) electrons. The van der Waals surface area contributed by atoms with Crippen LogP contribution in [0.5, 0.6) is 17.2 Å². The average molecular weight is 657 g/mol. The van der Waals surface area contributed by atoms with Crippen LogP contribution in [0.25, 0.3) is 6.08 Å². The lowest BCUT2D eigenvalue weighted by Gasteiger charge is -2.14. The van der Waals surface area contributed by atoms with Gasteiger partial charge in [0.2, 0.25) is 5.91 Å². The minimum absolute atomic E-state index is 0.00732.